The number of likely N-dealkylation sites (N-methyl/N-ethyl adjacent to an activating group) is 1. The molecule has 4 heteroatoms. The molecule has 0 saturated carbocycles. The van der Waals surface area contributed by atoms with E-state index in [9.17, 15) is 4.39 Å². The molecule has 1 aromatic heterocycles. The van der Waals surface area contributed by atoms with Gasteiger partial charge in [0.1, 0.15) is 10.8 Å². The third-order valence-electron chi connectivity index (χ3n) is 3.63. The Kier molecular flexibility index (Phi) is 3.62. The van der Waals surface area contributed by atoms with Crippen LogP contribution in [0.25, 0.3) is 10.6 Å². The number of nitrogens with zero attached hydrogens (tertiary/aromatic N) is 1. The van der Waals surface area contributed by atoms with Gasteiger partial charge in [-0.25, -0.2) is 9.37 Å². The number of thiazole rings is 1. The lowest BCUT2D eigenvalue weighted by atomic mass is 9.91. The first kappa shape index (κ1) is 12.8. The molecule has 0 bridgehead atoms. The largest absolute Gasteiger partial charge is 0.319 e. The summed E-state index contributed by atoms with van der Waals surface area (Å²) in [4.78, 5) is 6.06. The second-order valence-corrected chi connectivity index (χ2v) is 6.04. The highest BCUT2D eigenvalue weighted by Gasteiger charge is 2.25. The summed E-state index contributed by atoms with van der Waals surface area (Å²) < 4.78 is 13.8. The van der Waals surface area contributed by atoms with Gasteiger partial charge in [0, 0.05) is 22.9 Å². The van der Waals surface area contributed by atoms with Crippen molar-refractivity contribution in [2.45, 2.75) is 25.2 Å². The lowest BCUT2D eigenvalue weighted by molar-refractivity contribution is 0.523. The van der Waals surface area contributed by atoms with Gasteiger partial charge in [-0.05, 0) is 38.4 Å². The van der Waals surface area contributed by atoms with Gasteiger partial charge in [0.15, 0.2) is 0 Å². The normalized spacial score (nSPS) is 18.3. The Balaban J connectivity index is 2.00. The van der Waals surface area contributed by atoms with Crippen LogP contribution < -0.4 is 5.32 Å². The molecule has 1 aliphatic rings. The Morgan fingerprint density at radius 2 is 2.26 bits per heavy atom. The fourth-order valence-corrected chi connectivity index (χ4v) is 3.92. The minimum Gasteiger partial charge on any atom is -0.319 e. The first-order valence-electron chi connectivity index (χ1n) is 6.68. The molecule has 0 radical (unpaired) electrons. The Morgan fingerprint density at radius 3 is 3.05 bits per heavy atom. The summed E-state index contributed by atoms with van der Waals surface area (Å²) in [7, 11) is 1.97. The van der Waals surface area contributed by atoms with E-state index in [4.69, 9.17) is 4.98 Å². The third-order valence-corrected chi connectivity index (χ3v) is 4.79. The minimum atomic E-state index is -0.182. The van der Waals surface area contributed by atoms with E-state index >= 15 is 0 Å². The lowest BCUT2D eigenvalue weighted by Gasteiger charge is -2.20. The van der Waals surface area contributed by atoms with Crippen LogP contribution in [0.1, 0.15) is 29.3 Å². The summed E-state index contributed by atoms with van der Waals surface area (Å²) in [6.45, 7) is 0.952. The van der Waals surface area contributed by atoms with Crippen molar-refractivity contribution in [3.8, 4) is 10.6 Å². The highest BCUT2D eigenvalue weighted by molar-refractivity contribution is 7.15. The van der Waals surface area contributed by atoms with Gasteiger partial charge >= 0.3 is 0 Å². The number of benzene rings is 1. The fourth-order valence-electron chi connectivity index (χ4n) is 2.70. The molecule has 0 fully saturated rings. The molecule has 2 aromatic rings. The second-order valence-electron chi connectivity index (χ2n) is 4.95. The SMILES string of the molecule is CNCC1CCCc2sc(-c3ccccc3F)nc21. The molecule has 0 amide bonds. The Hall–Kier alpha value is -1.26. The Labute approximate surface area is 116 Å². The zero-order chi connectivity index (χ0) is 13.2. The minimum absolute atomic E-state index is 0.182. The molecule has 19 heavy (non-hydrogen) atoms. The van der Waals surface area contributed by atoms with Crippen LogP contribution >= 0.6 is 11.3 Å². The summed E-state index contributed by atoms with van der Waals surface area (Å²) in [6, 6.07) is 6.90. The molecule has 0 spiro atoms. The summed E-state index contributed by atoms with van der Waals surface area (Å²) >= 11 is 1.65. The molecule has 0 aliphatic heterocycles. The molecule has 0 saturated heterocycles. The van der Waals surface area contributed by atoms with Crippen LogP contribution in [0.2, 0.25) is 0 Å². The standard InChI is InChI=1S/C15H17FN2S/c1-17-9-10-5-4-8-13-14(10)18-15(19-13)11-6-2-3-7-12(11)16/h2-3,6-7,10,17H,4-5,8-9H2,1H3. The van der Waals surface area contributed by atoms with Gasteiger partial charge in [-0.1, -0.05) is 12.1 Å². The van der Waals surface area contributed by atoms with Crippen LogP contribution in [-0.2, 0) is 6.42 Å². The van der Waals surface area contributed by atoms with E-state index in [2.05, 4.69) is 5.32 Å². The van der Waals surface area contributed by atoms with E-state index < -0.39 is 0 Å². The monoisotopic (exact) mass is 276 g/mol. The molecule has 1 N–H and O–H groups in total. The number of hydrogen-bond donors (Lipinski definition) is 1. The van der Waals surface area contributed by atoms with Crippen LogP contribution in [0.15, 0.2) is 24.3 Å². The maximum Gasteiger partial charge on any atom is 0.133 e. The number of fused-ring (bicyclic) bond motifs is 1. The van der Waals surface area contributed by atoms with Crippen molar-refractivity contribution in [2.24, 2.45) is 0 Å². The first-order valence-corrected chi connectivity index (χ1v) is 7.50. The topological polar surface area (TPSA) is 24.9 Å². The molecule has 3 rings (SSSR count). The van der Waals surface area contributed by atoms with Crippen molar-refractivity contribution in [3.05, 3.63) is 40.7 Å². The van der Waals surface area contributed by atoms with Crippen LogP contribution in [0.3, 0.4) is 0 Å². The van der Waals surface area contributed by atoms with Crippen molar-refractivity contribution in [3.63, 3.8) is 0 Å². The molecule has 1 atom stereocenters. The van der Waals surface area contributed by atoms with Gasteiger partial charge in [-0.2, -0.15) is 0 Å². The molecule has 1 unspecified atom stereocenters. The summed E-state index contributed by atoms with van der Waals surface area (Å²) in [5.41, 5.74) is 1.81. The van der Waals surface area contributed by atoms with Crippen molar-refractivity contribution >= 4 is 11.3 Å². The smallest absolute Gasteiger partial charge is 0.133 e. The van der Waals surface area contributed by atoms with Crippen molar-refractivity contribution < 1.29 is 4.39 Å². The van der Waals surface area contributed by atoms with Gasteiger partial charge in [-0.15, -0.1) is 11.3 Å². The molecule has 1 aliphatic carbocycles. The highest BCUT2D eigenvalue weighted by atomic mass is 32.1. The number of hydrogen-bond acceptors (Lipinski definition) is 3. The number of nitrogens with one attached hydrogen (secondary N) is 1. The van der Waals surface area contributed by atoms with Crippen LogP contribution in [0, 0.1) is 5.82 Å². The average Bonchev–Trinajstić information content (AvgIpc) is 2.84. The van der Waals surface area contributed by atoms with E-state index in [0.717, 1.165) is 18.0 Å². The molecule has 2 nitrogen and oxygen atoms in total. The van der Waals surface area contributed by atoms with Gasteiger partial charge in [0.05, 0.1) is 5.69 Å². The molecule has 1 aromatic carbocycles. The fraction of sp³-hybridized carbons (Fsp3) is 0.400. The Morgan fingerprint density at radius 1 is 1.42 bits per heavy atom. The van der Waals surface area contributed by atoms with E-state index in [1.54, 1.807) is 17.4 Å². The predicted molar refractivity (Wildman–Crippen MR) is 77.1 cm³/mol. The van der Waals surface area contributed by atoms with E-state index in [1.165, 1.54) is 29.5 Å². The molecule has 100 valence electrons. The number of halogens is 1. The summed E-state index contributed by atoms with van der Waals surface area (Å²) in [6.07, 6.45) is 3.47. The molecule has 1 heterocycles. The molecular weight excluding hydrogens is 259 g/mol. The van der Waals surface area contributed by atoms with E-state index in [-0.39, 0.29) is 5.82 Å². The number of aryl methyl sites for hydroxylation is 1. The van der Waals surface area contributed by atoms with Gasteiger partial charge in [0.2, 0.25) is 0 Å². The molecular formula is C15H17FN2S. The zero-order valence-corrected chi connectivity index (χ0v) is 11.8. The summed E-state index contributed by atoms with van der Waals surface area (Å²) in [5, 5.41) is 4.05. The maximum atomic E-state index is 13.8. The van der Waals surface area contributed by atoms with E-state index in [0.29, 0.717) is 11.5 Å². The van der Waals surface area contributed by atoms with Crippen molar-refractivity contribution in [1.82, 2.24) is 10.3 Å². The van der Waals surface area contributed by atoms with Crippen LogP contribution in [-0.4, -0.2) is 18.6 Å². The highest BCUT2D eigenvalue weighted by Crippen LogP contribution is 2.38. The van der Waals surface area contributed by atoms with Crippen molar-refractivity contribution in [2.75, 3.05) is 13.6 Å². The second kappa shape index (κ2) is 5.39. The predicted octanol–water partition coefficient (Wildman–Crippen LogP) is 3.59. The first-order chi connectivity index (χ1) is 9.29. The lowest BCUT2D eigenvalue weighted by Crippen LogP contribution is -2.20. The van der Waals surface area contributed by atoms with Crippen LogP contribution in [0.4, 0.5) is 4.39 Å². The average molecular weight is 276 g/mol. The number of rotatable bonds is 3. The van der Waals surface area contributed by atoms with Gasteiger partial charge < -0.3 is 5.32 Å². The summed E-state index contributed by atoms with van der Waals surface area (Å²) in [5.74, 6) is 0.296. The third kappa shape index (κ3) is 2.42. The maximum absolute atomic E-state index is 13.8. The van der Waals surface area contributed by atoms with Crippen molar-refractivity contribution in [1.29, 1.82) is 0 Å². The van der Waals surface area contributed by atoms with Crippen LogP contribution in [0.5, 0.6) is 0 Å². The Bertz CT molecular complexity index is 579. The number of aromatic nitrogens is 1. The van der Waals surface area contributed by atoms with Gasteiger partial charge in [0.25, 0.3) is 0 Å². The zero-order valence-electron chi connectivity index (χ0n) is 10.9. The van der Waals surface area contributed by atoms with Gasteiger partial charge in [-0.3, -0.25) is 0 Å². The van der Waals surface area contributed by atoms with E-state index in [1.807, 2.05) is 19.2 Å². The quantitative estimate of drug-likeness (QED) is 0.926.